The molecule has 5 rings (SSSR count). The number of hydrogen-bond acceptors (Lipinski definition) is 7. The molecule has 3 heterocycles. The molecule has 0 saturated carbocycles. The largest absolute Gasteiger partial charge is 0.444 e. The lowest BCUT2D eigenvalue weighted by atomic mass is 10.0. The number of para-hydroxylation sites is 1. The monoisotopic (exact) mass is 476 g/mol. The molecule has 0 N–H and O–H groups in total. The summed E-state index contributed by atoms with van der Waals surface area (Å²) in [5.74, 6) is 0.808. The maximum atomic E-state index is 12.4. The van der Waals surface area contributed by atoms with Crippen LogP contribution in [0, 0.1) is 0 Å². The Kier molecular flexibility index (Phi) is 5.69. The Morgan fingerprint density at radius 1 is 1.00 bits per heavy atom. The van der Waals surface area contributed by atoms with Gasteiger partial charge in [-0.15, -0.1) is 0 Å². The number of aromatic nitrogens is 4. The van der Waals surface area contributed by atoms with Gasteiger partial charge in [-0.3, -0.25) is 0 Å². The highest BCUT2D eigenvalue weighted by Gasteiger charge is 2.27. The summed E-state index contributed by atoms with van der Waals surface area (Å²) in [5.41, 5.74) is 2.91. The first-order chi connectivity index (χ1) is 16.3. The molecule has 2 aromatic carbocycles. The van der Waals surface area contributed by atoms with Crippen molar-refractivity contribution in [2.24, 2.45) is 0 Å². The highest BCUT2D eigenvalue weighted by atomic mass is 35.5. The number of benzene rings is 2. The molecule has 0 bridgehead atoms. The lowest BCUT2D eigenvalue weighted by molar-refractivity contribution is 0.0240. The number of amides is 1. The third kappa shape index (κ3) is 4.33. The Morgan fingerprint density at radius 2 is 1.79 bits per heavy atom. The molecule has 174 valence electrons. The number of rotatable bonds is 2. The van der Waals surface area contributed by atoms with Crippen LogP contribution in [-0.4, -0.2) is 62.7 Å². The van der Waals surface area contributed by atoms with Crippen molar-refractivity contribution in [2.75, 3.05) is 31.1 Å². The predicted octanol–water partition coefficient (Wildman–Crippen LogP) is 4.95. The van der Waals surface area contributed by atoms with Crippen molar-refractivity contribution >= 4 is 45.3 Å². The van der Waals surface area contributed by atoms with Crippen LogP contribution in [0.4, 0.5) is 10.6 Å². The number of piperazine rings is 1. The number of halogens is 1. The Morgan fingerprint density at radius 3 is 2.56 bits per heavy atom. The van der Waals surface area contributed by atoms with E-state index in [2.05, 4.69) is 24.8 Å². The SMILES string of the molecule is CC(C)(C)OC(=O)N1CCN(c2ncnc3cc(-c4cccc5cncnc45)c(Cl)cc23)CC1. The maximum absolute atomic E-state index is 12.4. The molecule has 4 aromatic rings. The predicted molar refractivity (Wildman–Crippen MR) is 133 cm³/mol. The zero-order chi connectivity index (χ0) is 23.9. The van der Waals surface area contributed by atoms with Crippen LogP contribution in [0.3, 0.4) is 0 Å². The molecule has 0 radical (unpaired) electrons. The minimum Gasteiger partial charge on any atom is -0.444 e. The summed E-state index contributed by atoms with van der Waals surface area (Å²) < 4.78 is 5.51. The van der Waals surface area contributed by atoms with Crippen molar-refractivity contribution in [3.63, 3.8) is 0 Å². The van der Waals surface area contributed by atoms with Crippen LogP contribution in [0.5, 0.6) is 0 Å². The van der Waals surface area contributed by atoms with E-state index in [1.807, 2.05) is 51.1 Å². The van der Waals surface area contributed by atoms with Crippen LogP contribution in [0.2, 0.25) is 5.02 Å². The van der Waals surface area contributed by atoms with E-state index >= 15 is 0 Å². The van der Waals surface area contributed by atoms with Crippen LogP contribution in [0.15, 0.2) is 49.2 Å². The molecule has 34 heavy (non-hydrogen) atoms. The number of nitrogens with zero attached hydrogens (tertiary/aromatic N) is 6. The highest BCUT2D eigenvalue weighted by molar-refractivity contribution is 6.34. The van der Waals surface area contributed by atoms with Crippen molar-refractivity contribution in [2.45, 2.75) is 26.4 Å². The van der Waals surface area contributed by atoms with Crippen LogP contribution in [0.1, 0.15) is 20.8 Å². The summed E-state index contributed by atoms with van der Waals surface area (Å²) in [6.45, 7) is 8.02. The quantitative estimate of drug-likeness (QED) is 0.404. The summed E-state index contributed by atoms with van der Waals surface area (Å²) >= 11 is 6.79. The Labute approximate surface area is 202 Å². The van der Waals surface area contributed by atoms with Crippen molar-refractivity contribution < 1.29 is 9.53 Å². The first kappa shape index (κ1) is 22.3. The summed E-state index contributed by atoms with van der Waals surface area (Å²) in [6.07, 6.45) is 4.61. The third-order valence-corrected chi connectivity index (χ3v) is 6.07. The summed E-state index contributed by atoms with van der Waals surface area (Å²) in [5, 5.41) is 2.42. The molecule has 1 aliphatic heterocycles. The van der Waals surface area contributed by atoms with Crippen LogP contribution >= 0.6 is 11.6 Å². The van der Waals surface area contributed by atoms with Gasteiger partial charge < -0.3 is 14.5 Å². The molecule has 1 aliphatic rings. The summed E-state index contributed by atoms with van der Waals surface area (Å²) in [6, 6.07) is 9.85. The van der Waals surface area contributed by atoms with E-state index < -0.39 is 5.60 Å². The fraction of sp³-hybridized carbons (Fsp3) is 0.320. The lowest BCUT2D eigenvalue weighted by Gasteiger charge is -2.36. The van der Waals surface area contributed by atoms with Gasteiger partial charge in [0.1, 0.15) is 24.1 Å². The van der Waals surface area contributed by atoms with E-state index in [4.69, 9.17) is 16.3 Å². The topological polar surface area (TPSA) is 84.3 Å². The van der Waals surface area contributed by atoms with Gasteiger partial charge in [0.2, 0.25) is 0 Å². The van der Waals surface area contributed by atoms with Gasteiger partial charge in [-0.2, -0.15) is 0 Å². The summed E-state index contributed by atoms with van der Waals surface area (Å²) in [4.78, 5) is 33.9. The van der Waals surface area contributed by atoms with Gasteiger partial charge in [0.15, 0.2) is 0 Å². The smallest absolute Gasteiger partial charge is 0.410 e. The zero-order valence-electron chi connectivity index (χ0n) is 19.3. The number of ether oxygens (including phenoxy) is 1. The van der Waals surface area contributed by atoms with E-state index in [-0.39, 0.29) is 6.09 Å². The molecule has 0 atom stereocenters. The second kappa shape index (κ2) is 8.68. The molecule has 8 nitrogen and oxygen atoms in total. The average Bonchev–Trinajstić information content (AvgIpc) is 2.82. The highest BCUT2D eigenvalue weighted by Crippen LogP contribution is 2.37. The molecule has 0 aliphatic carbocycles. The Balaban J connectivity index is 1.45. The second-order valence-electron chi connectivity index (χ2n) is 9.27. The van der Waals surface area contributed by atoms with Gasteiger partial charge in [0.05, 0.1) is 11.0 Å². The van der Waals surface area contributed by atoms with Gasteiger partial charge in [-0.1, -0.05) is 29.8 Å². The number of carbonyl (C=O) groups is 1. The van der Waals surface area contributed by atoms with E-state index in [1.165, 1.54) is 6.33 Å². The third-order valence-electron chi connectivity index (χ3n) is 5.76. The van der Waals surface area contributed by atoms with Crippen LogP contribution < -0.4 is 4.90 Å². The van der Waals surface area contributed by atoms with E-state index in [0.29, 0.717) is 31.2 Å². The number of hydrogen-bond donors (Lipinski definition) is 0. The number of carbonyl (C=O) groups excluding carboxylic acids is 1. The minimum atomic E-state index is -0.512. The van der Waals surface area contributed by atoms with Gasteiger partial charge in [0.25, 0.3) is 0 Å². The fourth-order valence-electron chi connectivity index (χ4n) is 4.18. The van der Waals surface area contributed by atoms with E-state index in [1.54, 1.807) is 17.4 Å². The molecule has 0 unspecified atom stereocenters. The molecule has 9 heteroatoms. The second-order valence-corrected chi connectivity index (χ2v) is 9.67. The van der Waals surface area contributed by atoms with Crippen LogP contribution in [-0.2, 0) is 4.74 Å². The molecule has 2 aromatic heterocycles. The molecular weight excluding hydrogens is 452 g/mol. The van der Waals surface area contributed by atoms with Crippen molar-refractivity contribution in [3.8, 4) is 11.1 Å². The van der Waals surface area contributed by atoms with Gasteiger partial charge >= 0.3 is 6.09 Å². The van der Waals surface area contributed by atoms with Gasteiger partial charge in [-0.05, 0) is 32.9 Å². The normalized spacial score (nSPS) is 14.6. The van der Waals surface area contributed by atoms with Crippen molar-refractivity contribution in [3.05, 3.63) is 54.2 Å². The number of anilines is 1. The Hall–Kier alpha value is -3.52. The zero-order valence-corrected chi connectivity index (χ0v) is 20.1. The molecule has 0 spiro atoms. The fourth-order valence-corrected chi connectivity index (χ4v) is 4.45. The summed E-state index contributed by atoms with van der Waals surface area (Å²) in [7, 11) is 0. The molecule has 1 amide bonds. The van der Waals surface area contributed by atoms with Crippen molar-refractivity contribution in [1.82, 2.24) is 24.8 Å². The molecule has 1 saturated heterocycles. The first-order valence-corrected chi connectivity index (χ1v) is 11.5. The first-order valence-electron chi connectivity index (χ1n) is 11.2. The van der Waals surface area contributed by atoms with Gasteiger partial charge in [-0.25, -0.2) is 24.7 Å². The minimum absolute atomic E-state index is 0.286. The standard InChI is InChI=1S/C25H25ClN6O2/c1-25(2,3)34-24(33)32-9-7-31(8-10-32)23-19-11-20(26)18(12-21(19)28-15-30-23)17-6-4-5-16-13-27-14-29-22(16)17/h4-6,11-15H,7-10H2,1-3H3. The van der Waals surface area contributed by atoms with Crippen molar-refractivity contribution in [1.29, 1.82) is 0 Å². The Bertz CT molecular complexity index is 1370. The lowest BCUT2D eigenvalue weighted by Crippen LogP contribution is -2.50. The van der Waals surface area contributed by atoms with Crippen LogP contribution in [0.25, 0.3) is 32.9 Å². The molecular formula is C25H25ClN6O2. The van der Waals surface area contributed by atoms with E-state index in [9.17, 15) is 4.79 Å². The van der Waals surface area contributed by atoms with E-state index in [0.717, 1.165) is 38.8 Å². The maximum Gasteiger partial charge on any atom is 0.410 e. The number of fused-ring (bicyclic) bond motifs is 2. The average molecular weight is 477 g/mol. The molecule has 1 fully saturated rings. The van der Waals surface area contributed by atoms with Gasteiger partial charge in [0, 0.05) is 59.3 Å².